The first-order chi connectivity index (χ1) is 13.4. The summed E-state index contributed by atoms with van der Waals surface area (Å²) >= 11 is 1.54. The van der Waals surface area contributed by atoms with Gasteiger partial charge in [0.25, 0.3) is 5.91 Å². The number of morpholine rings is 1. The molecule has 2 amide bonds. The Morgan fingerprint density at radius 3 is 2.57 bits per heavy atom. The molecule has 28 heavy (non-hydrogen) atoms. The van der Waals surface area contributed by atoms with Gasteiger partial charge in [0.05, 0.1) is 19.0 Å². The van der Waals surface area contributed by atoms with Crippen molar-refractivity contribution in [2.45, 2.75) is 32.7 Å². The van der Waals surface area contributed by atoms with Crippen LogP contribution < -0.4 is 5.32 Å². The molecule has 154 valence electrons. The summed E-state index contributed by atoms with van der Waals surface area (Å²) in [7, 11) is 0. The van der Waals surface area contributed by atoms with Gasteiger partial charge in [0.15, 0.2) is 0 Å². The number of carbonyl (C=O) groups is 2. The Labute approximate surface area is 172 Å². The first kappa shape index (κ1) is 21.1. The molecule has 1 unspecified atom stereocenters. The van der Waals surface area contributed by atoms with Crippen LogP contribution >= 0.6 is 11.8 Å². The largest absolute Gasteiger partial charge is 0.379 e. The fraction of sp³-hybridized carbons (Fsp3) is 0.619. The number of nitrogens with zero attached hydrogens (tertiary/aromatic N) is 2. The summed E-state index contributed by atoms with van der Waals surface area (Å²) in [5, 5.41) is 3.11. The molecule has 0 bridgehead atoms. The van der Waals surface area contributed by atoms with Crippen LogP contribution in [-0.4, -0.2) is 78.1 Å². The second kappa shape index (κ2) is 9.29. The number of para-hydroxylation sites is 1. The molecule has 2 heterocycles. The summed E-state index contributed by atoms with van der Waals surface area (Å²) in [5.41, 5.74) is 2.08. The average Bonchev–Trinajstić information content (AvgIpc) is 2.68. The molecular weight excluding hydrogens is 374 g/mol. The molecule has 3 rings (SSSR count). The molecule has 1 aromatic carbocycles. The summed E-state index contributed by atoms with van der Waals surface area (Å²) in [5.74, 6) is 1.02. The molecule has 0 aromatic heterocycles. The smallest absolute Gasteiger partial charge is 0.250 e. The van der Waals surface area contributed by atoms with Crippen molar-refractivity contribution in [2.75, 3.05) is 56.2 Å². The van der Waals surface area contributed by atoms with Gasteiger partial charge in [0.1, 0.15) is 5.54 Å². The minimum Gasteiger partial charge on any atom is -0.379 e. The summed E-state index contributed by atoms with van der Waals surface area (Å²) in [6, 6.07) is 5.97. The Morgan fingerprint density at radius 2 is 1.89 bits per heavy atom. The standard InChI is InChI=1S/C21H31N3O3S/c1-16-6-4-7-17(2)19(16)22-20(26)21(3)15-28-14-18(25)24(21)9-5-8-23-10-12-27-13-11-23/h4,6-7H,5,8-15H2,1-3H3,(H,22,26). The quantitative estimate of drug-likeness (QED) is 0.787. The van der Waals surface area contributed by atoms with Crippen molar-refractivity contribution in [2.24, 2.45) is 0 Å². The topological polar surface area (TPSA) is 61.9 Å². The lowest BCUT2D eigenvalue weighted by Crippen LogP contribution is -2.62. The predicted octanol–water partition coefficient (Wildman–Crippen LogP) is 2.30. The number of benzene rings is 1. The van der Waals surface area contributed by atoms with E-state index in [1.54, 1.807) is 16.7 Å². The molecule has 1 aromatic rings. The third-order valence-electron chi connectivity index (χ3n) is 5.67. The maximum absolute atomic E-state index is 13.3. The Hall–Kier alpha value is -1.57. The Balaban J connectivity index is 1.68. The van der Waals surface area contributed by atoms with Gasteiger partial charge in [-0.2, -0.15) is 0 Å². The molecule has 1 atom stereocenters. The summed E-state index contributed by atoms with van der Waals surface area (Å²) in [4.78, 5) is 30.1. The molecule has 1 N–H and O–H groups in total. The van der Waals surface area contributed by atoms with Crippen LogP contribution in [0.4, 0.5) is 5.69 Å². The van der Waals surface area contributed by atoms with Crippen molar-refractivity contribution in [3.63, 3.8) is 0 Å². The van der Waals surface area contributed by atoms with Crippen LogP contribution in [0.15, 0.2) is 18.2 Å². The molecule has 2 aliphatic heterocycles. The van der Waals surface area contributed by atoms with E-state index in [1.807, 2.05) is 39.0 Å². The fourth-order valence-electron chi connectivity index (χ4n) is 3.86. The monoisotopic (exact) mass is 405 g/mol. The number of amides is 2. The lowest BCUT2D eigenvalue weighted by atomic mass is 9.98. The normalized spacial score (nSPS) is 23.7. The first-order valence-corrected chi connectivity index (χ1v) is 11.1. The second-order valence-electron chi connectivity index (χ2n) is 7.84. The van der Waals surface area contributed by atoms with E-state index in [0.29, 0.717) is 18.1 Å². The van der Waals surface area contributed by atoms with Crippen molar-refractivity contribution in [3.05, 3.63) is 29.3 Å². The van der Waals surface area contributed by atoms with E-state index in [-0.39, 0.29) is 11.8 Å². The van der Waals surface area contributed by atoms with Gasteiger partial charge in [0.2, 0.25) is 5.91 Å². The Morgan fingerprint density at radius 1 is 1.21 bits per heavy atom. The minimum absolute atomic E-state index is 0.0531. The zero-order valence-corrected chi connectivity index (χ0v) is 17.9. The minimum atomic E-state index is -0.834. The maximum Gasteiger partial charge on any atom is 0.250 e. The van der Waals surface area contributed by atoms with Gasteiger partial charge in [-0.3, -0.25) is 14.5 Å². The number of carbonyl (C=O) groups excluding carboxylic acids is 2. The number of anilines is 1. The molecule has 2 fully saturated rings. The Kier molecular flexibility index (Phi) is 7.01. The van der Waals surface area contributed by atoms with Gasteiger partial charge >= 0.3 is 0 Å². The van der Waals surface area contributed by atoms with Crippen molar-refractivity contribution in [1.82, 2.24) is 9.80 Å². The van der Waals surface area contributed by atoms with Crippen molar-refractivity contribution >= 4 is 29.3 Å². The lowest BCUT2D eigenvalue weighted by molar-refractivity contribution is -0.142. The van der Waals surface area contributed by atoms with Crippen LogP contribution in [0.2, 0.25) is 0 Å². The van der Waals surface area contributed by atoms with Crippen LogP contribution in [0.1, 0.15) is 24.5 Å². The molecule has 0 radical (unpaired) electrons. The van der Waals surface area contributed by atoms with Crippen LogP contribution in [0.5, 0.6) is 0 Å². The fourth-order valence-corrected chi connectivity index (χ4v) is 4.98. The van der Waals surface area contributed by atoms with Gasteiger partial charge in [0, 0.05) is 37.6 Å². The zero-order valence-electron chi connectivity index (χ0n) is 17.1. The van der Waals surface area contributed by atoms with Gasteiger partial charge in [-0.1, -0.05) is 18.2 Å². The number of thioether (sulfide) groups is 1. The van der Waals surface area contributed by atoms with Crippen LogP contribution in [0.25, 0.3) is 0 Å². The van der Waals surface area contributed by atoms with E-state index in [9.17, 15) is 9.59 Å². The molecule has 0 spiro atoms. The third kappa shape index (κ3) is 4.70. The number of hydrogen-bond acceptors (Lipinski definition) is 5. The highest BCUT2D eigenvalue weighted by atomic mass is 32.2. The molecule has 2 saturated heterocycles. The number of aryl methyl sites for hydroxylation is 2. The molecule has 6 nitrogen and oxygen atoms in total. The van der Waals surface area contributed by atoms with E-state index in [4.69, 9.17) is 4.74 Å². The number of rotatable bonds is 6. The van der Waals surface area contributed by atoms with E-state index in [2.05, 4.69) is 10.2 Å². The van der Waals surface area contributed by atoms with Crippen molar-refractivity contribution in [1.29, 1.82) is 0 Å². The van der Waals surface area contributed by atoms with E-state index in [0.717, 1.165) is 56.1 Å². The second-order valence-corrected chi connectivity index (χ2v) is 8.83. The zero-order chi connectivity index (χ0) is 20.1. The highest BCUT2D eigenvalue weighted by molar-refractivity contribution is 8.00. The van der Waals surface area contributed by atoms with Gasteiger partial charge in [-0.15, -0.1) is 11.8 Å². The van der Waals surface area contributed by atoms with Crippen molar-refractivity contribution < 1.29 is 14.3 Å². The van der Waals surface area contributed by atoms with Crippen LogP contribution in [0, 0.1) is 13.8 Å². The van der Waals surface area contributed by atoms with E-state index in [1.165, 1.54) is 0 Å². The lowest BCUT2D eigenvalue weighted by Gasteiger charge is -2.43. The summed E-state index contributed by atoms with van der Waals surface area (Å²) < 4.78 is 5.39. The highest BCUT2D eigenvalue weighted by Gasteiger charge is 2.45. The van der Waals surface area contributed by atoms with E-state index < -0.39 is 5.54 Å². The third-order valence-corrected chi connectivity index (χ3v) is 6.89. The average molecular weight is 406 g/mol. The highest BCUT2D eigenvalue weighted by Crippen LogP contribution is 2.30. The number of hydrogen-bond donors (Lipinski definition) is 1. The maximum atomic E-state index is 13.3. The molecule has 0 saturated carbocycles. The van der Waals surface area contributed by atoms with E-state index >= 15 is 0 Å². The molecule has 7 heteroatoms. The predicted molar refractivity (Wildman–Crippen MR) is 114 cm³/mol. The van der Waals surface area contributed by atoms with Gasteiger partial charge in [-0.05, 0) is 38.3 Å². The Bertz CT molecular complexity index is 701. The van der Waals surface area contributed by atoms with Crippen LogP contribution in [0.3, 0.4) is 0 Å². The molecule has 2 aliphatic rings. The van der Waals surface area contributed by atoms with Gasteiger partial charge < -0.3 is 15.0 Å². The molecular formula is C21H31N3O3S. The summed E-state index contributed by atoms with van der Waals surface area (Å²) in [6.45, 7) is 10.8. The van der Waals surface area contributed by atoms with Crippen LogP contribution in [-0.2, 0) is 14.3 Å². The summed E-state index contributed by atoms with van der Waals surface area (Å²) in [6.07, 6.45) is 0.864. The SMILES string of the molecule is Cc1cccc(C)c1NC(=O)C1(C)CSCC(=O)N1CCCN1CCOCC1. The number of ether oxygens (including phenoxy) is 1. The van der Waals surface area contributed by atoms with Gasteiger partial charge in [-0.25, -0.2) is 0 Å². The first-order valence-electron chi connectivity index (χ1n) is 9.98. The number of nitrogens with one attached hydrogen (secondary N) is 1. The van der Waals surface area contributed by atoms with Crippen molar-refractivity contribution in [3.8, 4) is 0 Å². The molecule has 0 aliphatic carbocycles.